The van der Waals surface area contributed by atoms with E-state index in [2.05, 4.69) is 10.3 Å². The fourth-order valence-corrected chi connectivity index (χ4v) is 5.26. The summed E-state index contributed by atoms with van der Waals surface area (Å²) in [5, 5.41) is 3.08. The van der Waals surface area contributed by atoms with Gasteiger partial charge in [0.1, 0.15) is 5.82 Å². The third-order valence-electron chi connectivity index (χ3n) is 7.14. The van der Waals surface area contributed by atoms with Gasteiger partial charge in [0.15, 0.2) is 0 Å². The van der Waals surface area contributed by atoms with E-state index < -0.39 is 0 Å². The fourth-order valence-electron chi connectivity index (χ4n) is 5.26. The van der Waals surface area contributed by atoms with Crippen LogP contribution in [0.2, 0.25) is 0 Å². The highest BCUT2D eigenvalue weighted by Crippen LogP contribution is 2.32. The quantitative estimate of drug-likeness (QED) is 0.696. The van der Waals surface area contributed by atoms with Crippen molar-refractivity contribution < 1.29 is 23.5 Å². The number of ether oxygens (including phenoxy) is 1. The molecule has 2 N–H and O–H groups in total. The van der Waals surface area contributed by atoms with Crippen LogP contribution in [0.3, 0.4) is 0 Å². The summed E-state index contributed by atoms with van der Waals surface area (Å²) in [4.78, 5) is 47.0. The Hall–Kier alpha value is -3.40. The number of aromatic amines is 1. The summed E-state index contributed by atoms with van der Waals surface area (Å²) in [6.07, 6.45) is 0.868. The molecule has 0 radical (unpaired) electrons. The first-order valence-corrected chi connectivity index (χ1v) is 12.0. The second-order valence-electron chi connectivity index (χ2n) is 9.45. The van der Waals surface area contributed by atoms with Gasteiger partial charge in [-0.15, -0.1) is 0 Å². The molecule has 0 saturated carbocycles. The molecule has 0 unspecified atom stereocenters. The number of aryl methyl sites for hydroxylation is 1. The lowest BCUT2D eigenvalue weighted by Gasteiger charge is -2.31. The Morgan fingerprint density at radius 3 is 2.71 bits per heavy atom. The molecular weight excluding hydrogens is 453 g/mol. The summed E-state index contributed by atoms with van der Waals surface area (Å²) in [5.74, 6) is -0.649. The van der Waals surface area contributed by atoms with Crippen molar-refractivity contribution in [1.29, 1.82) is 0 Å². The zero-order chi connectivity index (χ0) is 24.7. The molecule has 4 heterocycles. The van der Waals surface area contributed by atoms with Crippen molar-refractivity contribution in [2.24, 2.45) is 0 Å². The molecule has 2 aromatic rings. The number of anilines is 1. The van der Waals surface area contributed by atoms with Gasteiger partial charge in [0.05, 0.1) is 31.7 Å². The van der Waals surface area contributed by atoms with Crippen molar-refractivity contribution in [2.75, 3.05) is 44.3 Å². The van der Waals surface area contributed by atoms with Crippen LogP contribution < -0.4 is 10.2 Å². The molecule has 10 heteroatoms. The highest BCUT2D eigenvalue weighted by molar-refractivity contribution is 6.01. The van der Waals surface area contributed by atoms with Crippen molar-refractivity contribution >= 4 is 23.5 Å². The normalized spacial score (nSPS) is 19.9. The lowest BCUT2D eigenvalue weighted by atomic mass is 10.1. The molecule has 9 nitrogen and oxygen atoms in total. The number of carbonyl (C=O) groups excluding carboxylic acids is 3. The van der Waals surface area contributed by atoms with Gasteiger partial charge in [0.2, 0.25) is 5.91 Å². The zero-order valence-corrected chi connectivity index (χ0v) is 20.0. The van der Waals surface area contributed by atoms with Gasteiger partial charge < -0.3 is 29.7 Å². The van der Waals surface area contributed by atoms with E-state index in [4.69, 9.17) is 4.74 Å². The van der Waals surface area contributed by atoms with Crippen LogP contribution in [0.1, 0.15) is 39.3 Å². The SMILES string of the molecule is Cc1[nH]c(CN2C(=O)Cc3cc(F)ccc32)c(C)c1C(=O)N[C@H]1CCN(C(=O)N2CCOCC2)C1. The molecule has 0 bridgehead atoms. The number of urea groups is 1. The van der Waals surface area contributed by atoms with E-state index >= 15 is 0 Å². The van der Waals surface area contributed by atoms with Crippen molar-refractivity contribution in [1.82, 2.24) is 20.1 Å². The molecule has 1 atom stereocenters. The number of rotatable bonds is 4. The molecule has 0 aliphatic carbocycles. The molecule has 35 heavy (non-hydrogen) atoms. The predicted molar refractivity (Wildman–Crippen MR) is 127 cm³/mol. The van der Waals surface area contributed by atoms with Gasteiger partial charge in [-0.1, -0.05) is 0 Å². The monoisotopic (exact) mass is 483 g/mol. The summed E-state index contributed by atoms with van der Waals surface area (Å²) in [5.41, 5.74) is 4.21. The molecule has 3 aliphatic rings. The van der Waals surface area contributed by atoms with Crippen molar-refractivity contribution in [3.05, 3.63) is 52.1 Å². The Labute approximate surface area is 203 Å². The van der Waals surface area contributed by atoms with Gasteiger partial charge in [-0.2, -0.15) is 0 Å². The Balaban J connectivity index is 1.24. The van der Waals surface area contributed by atoms with Crippen LogP contribution in [0.25, 0.3) is 0 Å². The van der Waals surface area contributed by atoms with Crippen molar-refractivity contribution in [3.63, 3.8) is 0 Å². The average Bonchev–Trinajstić information content (AvgIpc) is 3.50. The van der Waals surface area contributed by atoms with E-state index in [0.717, 1.165) is 17.0 Å². The van der Waals surface area contributed by atoms with Gasteiger partial charge in [0.25, 0.3) is 5.91 Å². The second kappa shape index (κ2) is 9.33. The van der Waals surface area contributed by atoms with Crippen LogP contribution in [-0.2, 0) is 22.5 Å². The number of hydrogen-bond acceptors (Lipinski definition) is 4. The Kier molecular flexibility index (Phi) is 6.22. The number of carbonyl (C=O) groups is 3. The average molecular weight is 484 g/mol. The number of benzene rings is 1. The maximum absolute atomic E-state index is 13.6. The van der Waals surface area contributed by atoms with Gasteiger partial charge in [0, 0.05) is 49.3 Å². The first-order valence-electron chi connectivity index (χ1n) is 12.0. The third-order valence-corrected chi connectivity index (χ3v) is 7.14. The molecule has 4 amide bonds. The first-order chi connectivity index (χ1) is 16.8. The van der Waals surface area contributed by atoms with E-state index in [-0.39, 0.29) is 42.7 Å². The summed E-state index contributed by atoms with van der Waals surface area (Å²) in [6.45, 7) is 7.36. The molecule has 5 rings (SSSR count). The molecule has 1 aromatic carbocycles. The van der Waals surface area contributed by atoms with E-state index in [0.29, 0.717) is 62.6 Å². The van der Waals surface area contributed by atoms with Gasteiger partial charge in [-0.3, -0.25) is 9.59 Å². The van der Waals surface area contributed by atoms with Crippen LogP contribution in [0, 0.1) is 19.7 Å². The van der Waals surface area contributed by atoms with E-state index in [1.165, 1.54) is 12.1 Å². The van der Waals surface area contributed by atoms with Crippen molar-refractivity contribution in [2.45, 2.75) is 39.3 Å². The smallest absolute Gasteiger partial charge is 0.320 e. The molecule has 186 valence electrons. The summed E-state index contributed by atoms with van der Waals surface area (Å²) in [6, 6.07) is 4.25. The zero-order valence-electron chi connectivity index (χ0n) is 20.0. The van der Waals surface area contributed by atoms with Crippen LogP contribution >= 0.6 is 0 Å². The number of H-pyrrole nitrogens is 1. The van der Waals surface area contributed by atoms with E-state index in [1.54, 1.807) is 20.8 Å². The number of nitrogens with zero attached hydrogens (tertiary/aromatic N) is 3. The molecule has 2 saturated heterocycles. The largest absolute Gasteiger partial charge is 0.378 e. The standard InChI is InChI=1S/C25H30FN5O4/c1-15-20(14-31-21-4-3-18(26)11-17(21)12-22(31)32)27-16(2)23(15)24(33)28-19-5-6-30(13-19)25(34)29-7-9-35-10-8-29/h3-4,11,19,27H,5-10,12-14H2,1-2H3,(H,28,33)/t19-/m0/s1. The van der Waals surface area contributed by atoms with Gasteiger partial charge in [-0.05, 0) is 49.6 Å². The summed E-state index contributed by atoms with van der Waals surface area (Å²) >= 11 is 0. The van der Waals surface area contributed by atoms with Crippen LogP contribution in [-0.4, -0.2) is 78.1 Å². The number of amides is 4. The maximum Gasteiger partial charge on any atom is 0.320 e. The Bertz CT molecular complexity index is 1170. The first kappa shape index (κ1) is 23.3. The number of morpholine rings is 1. The molecule has 3 aliphatic heterocycles. The summed E-state index contributed by atoms with van der Waals surface area (Å²) < 4.78 is 18.9. The minimum atomic E-state index is -0.360. The van der Waals surface area contributed by atoms with E-state index in [1.807, 2.05) is 13.8 Å². The Morgan fingerprint density at radius 2 is 1.94 bits per heavy atom. The molecular formula is C25H30FN5O4. The number of fused-ring (bicyclic) bond motifs is 1. The van der Waals surface area contributed by atoms with Crippen LogP contribution in [0.4, 0.5) is 14.9 Å². The minimum absolute atomic E-state index is 0.00298. The molecule has 0 spiro atoms. The number of halogens is 1. The third kappa shape index (κ3) is 4.50. The highest BCUT2D eigenvalue weighted by Gasteiger charge is 2.33. The highest BCUT2D eigenvalue weighted by atomic mass is 19.1. The number of nitrogens with one attached hydrogen (secondary N) is 2. The second-order valence-corrected chi connectivity index (χ2v) is 9.45. The number of hydrogen-bond donors (Lipinski definition) is 2. The fraction of sp³-hybridized carbons (Fsp3) is 0.480. The van der Waals surface area contributed by atoms with Gasteiger partial charge >= 0.3 is 6.03 Å². The van der Waals surface area contributed by atoms with Crippen LogP contribution in [0.5, 0.6) is 0 Å². The number of likely N-dealkylation sites (tertiary alicyclic amines) is 1. The summed E-state index contributed by atoms with van der Waals surface area (Å²) in [7, 11) is 0. The topological polar surface area (TPSA) is 98.0 Å². The lowest BCUT2D eigenvalue weighted by Crippen LogP contribution is -2.48. The number of aromatic nitrogens is 1. The van der Waals surface area contributed by atoms with E-state index in [9.17, 15) is 18.8 Å². The Morgan fingerprint density at radius 1 is 1.17 bits per heavy atom. The van der Waals surface area contributed by atoms with Crippen molar-refractivity contribution in [3.8, 4) is 0 Å². The minimum Gasteiger partial charge on any atom is -0.378 e. The van der Waals surface area contributed by atoms with Crippen LogP contribution in [0.15, 0.2) is 18.2 Å². The molecule has 2 fully saturated rings. The predicted octanol–water partition coefficient (Wildman–Crippen LogP) is 2.12. The lowest BCUT2D eigenvalue weighted by molar-refractivity contribution is -0.117. The van der Waals surface area contributed by atoms with Gasteiger partial charge in [-0.25, -0.2) is 9.18 Å². The molecule has 1 aromatic heterocycles. The maximum atomic E-state index is 13.6.